The van der Waals surface area contributed by atoms with E-state index in [0.717, 1.165) is 5.75 Å². The summed E-state index contributed by atoms with van der Waals surface area (Å²) >= 11 is 1.74. The van der Waals surface area contributed by atoms with Crippen LogP contribution in [0.15, 0.2) is 23.1 Å². The largest absolute Gasteiger partial charge is 0.393 e. The first-order valence-electron chi connectivity index (χ1n) is 5.18. The van der Waals surface area contributed by atoms with E-state index in [-0.39, 0.29) is 6.10 Å². The van der Waals surface area contributed by atoms with Crippen molar-refractivity contribution in [1.29, 1.82) is 0 Å². The predicted molar refractivity (Wildman–Crippen MR) is 60.9 cm³/mol. The van der Waals surface area contributed by atoms with Gasteiger partial charge in [0.2, 0.25) is 0 Å². The Kier molecular flexibility index (Phi) is 3.14. The molecule has 0 unspecified atom stereocenters. The van der Waals surface area contributed by atoms with E-state index in [1.807, 2.05) is 6.92 Å². The number of rotatable bonds is 3. The van der Waals surface area contributed by atoms with Gasteiger partial charge in [-0.1, -0.05) is 6.07 Å². The van der Waals surface area contributed by atoms with E-state index >= 15 is 0 Å². The Bertz CT molecular complexity index is 320. The average Bonchev–Trinajstić information content (AvgIpc) is 2.61. The molecule has 76 valence electrons. The van der Waals surface area contributed by atoms with Gasteiger partial charge >= 0.3 is 0 Å². The van der Waals surface area contributed by atoms with Crippen molar-refractivity contribution >= 4 is 11.8 Å². The summed E-state index contributed by atoms with van der Waals surface area (Å²) in [5.41, 5.74) is 3.03. The lowest BCUT2D eigenvalue weighted by atomic mass is 10.1. The third-order valence-electron chi connectivity index (χ3n) is 2.56. The molecule has 0 bridgehead atoms. The van der Waals surface area contributed by atoms with Crippen LogP contribution in [0.25, 0.3) is 0 Å². The molecule has 1 N–H and O–H groups in total. The van der Waals surface area contributed by atoms with Gasteiger partial charge in [-0.05, 0) is 49.4 Å². The Labute approximate surface area is 89.5 Å². The molecular weight excluding hydrogens is 192 g/mol. The lowest BCUT2D eigenvalue weighted by molar-refractivity contribution is 0.220. The maximum atomic E-state index is 9.19. The zero-order valence-corrected chi connectivity index (χ0v) is 9.31. The second-order valence-electron chi connectivity index (χ2n) is 3.94. The SMILES string of the molecule is C[C@H](O)CSc1ccc2c(c1)CCC2. The van der Waals surface area contributed by atoms with Crippen molar-refractivity contribution < 1.29 is 5.11 Å². The van der Waals surface area contributed by atoms with E-state index in [4.69, 9.17) is 0 Å². The molecule has 0 saturated heterocycles. The van der Waals surface area contributed by atoms with Crippen molar-refractivity contribution in [2.75, 3.05) is 5.75 Å². The highest BCUT2D eigenvalue weighted by Crippen LogP contribution is 2.27. The Morgan fingerprint density at radius 2 is 2.14 bits per heavy atom. The number of aryl methyl sites for hydroxylation is 2. The fraction of sp³-hybridized carbons (Fsp3) is 0.500. The van der Waals surface area contributed by atoms with Crippen LogP contribution >= 0.6 is 11.8 Å². The van der Waals surface area contributed by atoms with Crippen molar-refractivity contribution in [3.8, 4) is 0 Å². The molecule has 0 spiro atoms. The molecule has 0 fully saturated rings. The highest BCUT2D eigenvalue weighted by Gasteiger charge is 2.10. The summed E-state index contributed by atoms with van der Waals surface area (Å²) in [5.74, 6) is 0.790. The van der Waals surface area contributed by atoms with Crippen LogP contribution in [0.2, 0.25) is 0 Å². The van der Waals surface area contributed by atoms with Crippen LogP contribution in [-0.4, -0.2) is 17.0 Å². The molecule has 0 amide bonds. The zero-order chi connectivity index (χ0) is 9.97. The molecule has 0 aliphatic heterocycles. The van der Waals surface area contributed by atoms with E-state index in [1.165, 1.54) is 35.3 Å². The van der Waals surface area contributed by atoms with Gasteiger partial charge in [-0.15, -0.1) is 11.8 Å². The number of hydrogen-bond acceptors (Lipinski definition) is 2. The number of aliphatic hydroxyl groups excluding tert-OH is 1. The number of fused-ring (bicyclic) bond motifs is 1. The van der Waals surface area contributed by atoms with E-state index in [1.54, 1.807) is 11.8 Å². The maximum Gasteiger partial charge on any atom is 0.0606 e. The van der Waals surface area contributed by atoms with Gasteiger partial charge in [0.15, 0.2) is 0 Å². The van der Waals surface area contributed by atoms with Crippen LogP contribution in [0, 0.1) is 0 Å². The van der Waals surface area contributed by atoms with Gasteiger partial charge in [0, 0.05) is 10.6 Å². The van der Waals surface area contributed by atoms with Crippen molar-refractivity contribution in [1.82, 2.24) is 0 Å². The summed E-state index contributed by atoms with van der Waals surface area (Å²) in [7, 11) is 0. The molecule has 1 aliphatic carbocycles. The molecule has 1 aliphatic rings. The molecule has 0 saturated carbocycles. The predicted octanol–water partition coefficient (Wildman–Crippen LogP) is 2.65. The minimum Gasteiger partial charge on any atom is -0.393 e. The standard InChI is InChI=1S/C12H16OS/c1-9(13)8-14-12-6-5-10-3-2-4-11(10)7-12/h5-7,9,13H,2-4,8H2,1H3/t9-/m0/s1. The van der Waals surface area contributed by atoms with Crippen LogP contribution in [0.4, 0.5) is 0 Å². The molecule has 14 heavy (non-hydrogen) atoms. The smallest absolute Gasteiger partial charge is 0.0606 e. The van der Waals surface area contributed by atoms with Crippen LogP contribution in [0.1, 0.15) is 24.5 Å². The van der Waals surface area contributed by atoms with Crippen molar-refractivity contribution in [3.63, 3.8) is 0 Å². The maximum absolute atomic E-state index is 9.19. The van der Waals surface area contributed by atoms with E-state index < -0.39 is 0 Å². The lowest BCUT2D eigenvalue weighted by Crippen LogP contribution is -2.02. The summed E-state index contributed by atoms with van der Waals surface area (Å²) in [6.45, 7) is 1.83. The Morgan fingerprint density at radius 3 is 2.93 bits per heavy atom. The molecule has 1 aromatic carbocycles. The van der Waals surface area contributed by atoms with Gasteiger partial charge in [-0.25, -0.2) is 0 Å². The number of aliphatic hydroxyl groups is 1. The molecule has 1 atom stereocenters. The molecule has 2 heteroatoms. The normalized spacial score (nSPS) is 16.7. The minimum absolute atomic E-state index is 0.215. The Morgan fingerprint density at radius 1 is 1.36 bits per heavy atom. The second kappa shape index (κ2) is 4.37. The Balaban J connectivity index is 2.05. The van der Waals surface area contributed by atoms with Crippen LogP contribution in [0.3, 0.4) is 0 Å². The molecular formula is C12H16OS. The lowest BCUT2D eigenvalue weighted by Gasteiger charge is -2.06. The average molecular weight is 208 g/mol. The summed E-state index contributed by atoms with van der Waals surface area (Å²) in [6, 6.07) is 6.71. The zero-order valence-electron chi connectivity index (χ0n) is 8.49. The second-order valence-corrected chi connectivity index (χ2v) is 5.04. The fourth-order valence-corrected chi connectivity index (χ4v) is 2.68. The molecule has 2 rings (SSSR count). The van der Waals surface area contributed by atoms with Crippen LogP contribution < -0.4 is 0 Å². The van der Waals surface area contributed by atoms with E-state index in [9.17, 15) is 5.11 Å². The highest BCUT2D eigenvalue weighted by molar-refractivity contribution is 7.99. The summed E-state index contributed by atoms with van der Waals surface area (Å²) in [4.78, 5) is 1.30. The van der Waals surface area contributed by atoms with Crippen molar-refractivity contribution in [2.45, 2.75) is 37.2 Å². The number of benzene rings is 1. The molecule has 1 nitrogen and oxygen atoms in total. The molecule has 1 aromatic rings. The molecule has 0 heterocycles. The van der Waals surface area contributed by atoms with E-state index in [2.05, 4.69) is 18.2 Å². The highest BCUT2D eigenvalue weighted by atomic mass is 32.2. The molecule has 0 radical (unpaired) electrons. The first kappa shape index (κ1) is 10.1. The first-order valence-corrected chi connectivity index (χ1v) is 6.17. The van der Waals surface area contributed by atoms with Gasteiger partial charge in [0.25, 0.3) is 0 Å². The number of hydrogen-bond donors (Lipinski definition) is 1. The summed E-state index contributed by atoms with van der Waals surface area (Å²) in [5, 5.41) is 9.19. The van der Waals surface area contributed by atoms with Gasteiger partial charge < -0.3 is 5.11 Å². The summed E-state index contributed by atoms with van der Waals surface area (Å²) < 4.78 is 0. The Hall–Kier alpha value is -0.470. The fourth-order valence-electron chi connectivity index (χ4n) is 1.85. The van der Waals surface area contributed by atoms with Crippen molar-refractivity contribution in [2.24, 2.45) is 0 Å². The monoisotopic (exact) mass is 208 g/mol. The third kappa shape index (κ3) is 2.31. The van der Waals surface area contributed by atoms with Crippen LogP contribution in [0.5, 0.6) is 0 Å². The van der Waals surface area contributed by atoms with Gasteiger partial charge in [-0.3, -0.25) is 0 Å². The first-order chi connectivity index (χ1) is 6.75. The third-order valence-corrected chi connectivity index (χ3v) is 3.80. The summed E-state index contributed by atoms with van der Waals surface area (Å²) in [6.07, 6.45) is 3.57. The van der Waals surface area contributed by atoms with E-state index in [0.29, 0.717) is 0 Å². The quantitative estimate of drug-likeness (QED) is 0.771. The number of thioether (sulfide) groups is 1. The molecule has 0 aromatic heterocycles. The minimum atomic E-state index is -0.215. The van der Waals surface area contributed by atoms with Crippen LogP contribution in [-0.2, 0) is 12.8 Å². The van der Waals surface area contributed by atoms with Gasteiger partial charge in [0.05, 0.1) is 6.10 Å². The van der Waals surface area contributed by atoms with Gasteiger partial charge in [-0.2, -0.15) is 0 Å². The van der Waals surface area contributed by atoms with Gasteiger partial charge in [0.1, 0.15) is 0 Å². The van der Waals surface area contributed by atoms with Crippen molar-refractivity contribution in [3.05, 3.63) is 29.3 Å². The topological polar surface area (TPSA) is 20.2 Å².